The maximum atomic E-state index is 7.47. The monoisotopic (exact) mass is 387 g/mol. The van der Waals surface area contributed by atoms with Crippen LogP contribution in [0.1, 0.15) is 85.5 Å². The average molecular weight is 388 g/mol. The molecule has 2 aliphatic carbocycles. The molecule has 0 bridgehead atoms. The zero-order chi connectivity index (χ0) is 20.3. The Hall–Kier alpha value is -0.380. The third kappa shape index (κ3) is 3.03. The van der Waals surface area contributed by atoms with Crippen LogP contribution in [-0.4, -0.2) is 35.1 Å². The van der Waals surface area contributed by atoms with Gasteiger partial charge >= 0.3 is 0 Å². The third-order valence-electron chi connectivity index (χ3n) is 10.2. The normalized spacial score (nSPS) is 49.8. The lowest BCUT2D eigenvalue weighted by molar-refractivity contribution is -0.135. The summed E-state index contributed by atoms with van der Waals surface area (Å²) in [6.45, 7) is 16.2. The number of fused-ring (bicyclic) bond motifs is 5. The van der Waals surface area contributed by atoms with Gasteiger partial charge in [-0.1, -0.05) is 19.4 Å². The van der Waals surface area contributed by atoms with Crippen LogP contribution in [0.15, 0.2) is 12.2 Å². The molecule has 4 fully saturated rings. The summed E-state index contributed by atoms with van der Waals surface area (Å²) < 4.78 is 0. The molecule has 0 radical (unpaired) electrons. The fourth-order valence-corrected chi connectivity index (χ4v) is 8.61. The predicted octanol–water partition coefficient (Wildman–Crippen LogP) is 4.70. The van der Waals surface area contributed by atoms with E-state index < -0.39 is 0 Å². The molecule has 3 nitrogen and oxygen atoms in total. The molecule has 0 aromatic rings. The molecular weight excluding hydrogens is 342 g/mol. The van der Waals surface area contributed by atoms with Gasteiger partial charge in [-0.3, -0.25) is 4.90 Å². The van der Waals surface area contributed by atoms with Crippen LogP contribution in [0.2, 0.25) is 0 Å². The zero-order valence-electron chi connectivity index (χ0n) is 19.0. The highest BCUT2D eigenvalue weighted by Crippen LogP contribution is 2.65. The van der Waals surface area contributed by atoms with Crippen LogP contribution in [0.25, 0.3) is 0 Å². The van der Waals surface area contributed by atoms with E-state index in [2.05, 4.69) is 39.2 Å². The molecule has 28 heavy (non-hydrogen) atoms. The van der Waals surface area contributed by atoms with Gasteiger partial charge in [-0.25, -0.2) is 0 Å². The Morgan fingerprint density at radius 3 is 2.57 bits per heavy atom. The Bertz CT molecular complexity index is 617. The lowest BCUT2D eigenvalue weighted by Gasteiger charge is -2.66. The van der Waals surface area contributed by atoms with E-state index in [0.29, 0.717) is 23.3 Å². The molecule has 0 spiro atoms. The van der Waals surface area contributed by atoms with E-state index in [1.165, 1.54) is 63.4 Å². The number of piperidine rings is 2. The molecule has 4 rings (SSSR count). The first-order chi connectivity index (χ1) is 13.1. The van der Waals surface area contributed by atoms with Crippen molar-refractivity contribution in [3.63, 3.8) is 0 Å². The molecule has 8 unspecified atom stereocenters. The highest BCUT2D eigenvalue weighted by molar-refractivity contribution is 5.20. The minimum absolute atomic E-state index is 0.0303. The van der Waals surface area contributed by atoms with Crippen molar-refractivity contribution in [3.8, 4) is 0 Å². The standard InChI is InChI=1S/C25H45N3/c1-17(2)6-7-18(3)20-8-9-21-23(20,4)12-11-22-24(5)13-10-19(26)16-28(24)15-14-25(21,22)27/h18-22H,1,6-16,26-27H2,2-5H3. The second-order valence-corrected chi connectivity index (χ2v) is 11.8. The Balaban J connectivity index is 1.57. The summed E-state index contributed by atoms with van der Waals surface area (Å²) in [6.07, 6.45) is 11.5. The largest absolute Gasteiger partial charge is 0.327 e. The summed E-state index contributed by atoms with van der Waals surface area (Å²) in [5, 5.41) is 0. The number of hydrogen-bond donors (Lipinski definition) is 2. The van der Waals surface area contributed by atoms with Crippen LogP contribution in [0.4, 0.5) is 0 Å². The Kier molecular flexibility index (Phi) is 5.29. The number of hydrogen-bond acceptors (Lipinski definition) is 3. The van der Waals surface area contributed by atoms with Crippen molar-refractivity contribution in [1.29, 1.82) is 0 Å². The highest BCUT2D eigenvalue weighted by atomic mass is 15.2. The van der Waals surface area contributed by atoms with Gasteiger partial charge in [-0.05, 0) is 101 Å². The second-order valence-electron chi connectivity index (χ2n) is 11.8. The number of rotatable bonds is 4. The summed E-state index contributed by atoms with van der Waals surface area (Å²) in [7, 11) is 0. The van der Waals surface area contributed by atoms with Crippen molar-refractivity contribution in [1.82, 2.24) is 4.90 Å². The van der Waals surface area contributed by atoms with E-state index in [0.717, 1.165) is 24.9 Å². The molecule has 2 heterocycles. The maximum Gasteiger partial charge on any atom is 0.0246 e. The molecule has 2 saturated carbocycles. The highest BCUT2D eigenvalue weighted by Gasteiger charge is 2.65. The first kappa shape index (κ1) is 20.9. The van der Waals surface area contributed by atoms with Gasteiger partial charge in [-0.15, -0.1) is 6.58 Å². The smallest absolute Gasteiger partial charge is 0.0246 e. The van der Waals surface area contributed by atoms with Crippen LogP contribution in [0.3, 0.4) is 0 Å². The third-order valence-corrected chi connectivity index (χ3v) is 10.2. The van der Waals surface area contributed by atoms with Gasteiger partial charge in [0.05, 0.1) is 0 Å². The van der Waals surface area contributed by atoms with Gasteiger partial charge < -0.3 is 11.5 Å². The van der Waals surface area contributed by atoms with Gasteiger partial charge in [-0.2, -0.15) is 0 Å². The van der Waals surface area contributed by atoms with Crippen LogP contribution in [-0.2, 0) is 0 Å². The van der Waals surface area contributed by atoms with Gasteiger partial charge in [0.2, 0.25) is 0 Å². The topological polar surface area (TPSA) is 55.3 Å². The SMILES string of the molecule is C=C(C)CCC(C)C1CCC2C1(C)CCC1C2(N)CCN2CC(N)CCC12C. The summed E-state index contributed by atoms with van der Waals surface area (Å²) in [6, 6.07) is 0.359. The Labute approximate surface area is 173 Å². The van der Waals surface area contributed by atoms with Crippen molar-refractivity contribution < 1.29 is 0 Å². The summed E-state index contributed by atoms with van der Waals surface area (Å²) in [5.74, 6) is 2.97. The molecule has 160 valence electrons. The minimum Gasteiger partial charge on any atom is -0.327 e. The second kappa shape index (κ2) is 7.10. The quantitative estimate of drug-likeness (QED) is 0.687. The van der Waals surface area contributed by atoms with Crippen molar-refractivity contribution >= 4 is 0 Å². The summed E-state index contributed by atoms with van der Waals surface area (Å²) in [5.41, 5.74) is 15.9. The maximum absolute atomic E-state index is 7.47. The molecule has 0 aromatic carbocycles. The van der Waals surface area contributed by atoms with Gasteiger partial charge in [0, 0.05) is 30.2 Å². The molecule has 2 aliphatic heterocycles. The molecule has 0 amide bonds. The fraction of sp³-hybridized carbons (Fsp3) is 0.920. The zero-order valence-corrected chi connectivity index (χ0v) is 19.0. The number of nitrogens with two attached hydrogens (primary N) is 2. The number of nitrogens with zero attached hydrogens (tertiary/aromatic N) is 1. The van der Waals surface area contributed by atoms with E-state index in [1.807, 2.05) is 0 Å². The van der Waals surface area contributed by atoms with Crippen molar-refractivity contribution in [2.45, 2.75) is 103 Å². The first-order valence-corrected chi connectivity index (χ1v) is 12.0. The number of allylic oxidation sites excluding steroid dienone is 1. The first-order valence-electron chi connectivity index (χ1n) is 12.0. The average Bonchev–Trinajstić information content (AvgIpc) is 2.99. The molecule has 0 aromatic heterocycles. The van der Waals surface area contributed by atoms with Gasteiger partial charge in [0.15, 0.2) is 0 Å². The van der Waals surface area contributed by atoms with Crippen molar-refractivity contribution in [2.75, 3.05) is 13.1 Å². The van der Waals surface area contributed by atoms with Crippen molar-refractivity contribution in [2.24, 2.45) is 40.6 Å². The molecule has 4 N–H and O–H groups in total. The lowest BCUT2D eigenvalue weighted by Crippen LogP contribution is -2.75. The van der Waals surface area contributed by atoms with E-state index >= 15 is 0 Å². The molecule has 8 atom stereocenters. The van der Waals surface area contributed by atoms with Crippen molar-refractivity contribution in [3.05, 3.63) is 12.2 Å². The van der Waals surface area contributed by atoms with Crippen LogP contribution in [0, 0.1) is 29.1 Å². The van der Waals surface area contributed by atoms with Gasteiger partial charge in [0.1, 0.15) is 0 Å². The van der Waals surface area contributed by atoms with Gasteiger partial charge in [0.25, 0.3) is 0 Å². The fourth-order valence-electron chi connectivity index (χ4n) is 8.61. The molecule has 3 heteroatoms. The predicted molar refractivity (Wildman–Crippen MR) is 119 cm³/mol. The molecule has 2 saturated heterocycles. The summed E-state index contributed by atoms with van der Waals surface area (Å²) in [4.78, 5) is 2.72. The van der Waals surface area contributed by atoms with Crippen LogP contribution in [0.5, 0.6) is 0 Å². The van der Waals surface area contributed by atoms with Crippen LogP contribution >= 0.6 is 0 Å². The Morgan fingerprint density at radius 2 is 1.86 bits per heavy atom. The van der Waals surface area contributed by atoms with Crippen LogP contribution < -0.4 is 11.5 Å². The molecular formula is C25H45N3. The summed E-state index contributed by atoms with van der Waals surface area (Å²) >= 11 is 0. The van der Waals surface area contributed by atoms with E-state index in [-0.39, 0.29) is 11.1 Å². The Morgan fingerprint density at radius 1 is 1.11 bits per heavy atom. The van der Waals surface area contributed by atoms with E-state index in [9.17, 15) is 0 Å². The minimum atomic E-state index is 0.0303. The molecule has 4 aliphatic rings. The van der Waals surface area contributed by atoms with E-state index in [4.69, 9.17) is 11.5 Å². The lowest BCUT2D eigenvalue weighted by atomic mass is 9.47. The van der Waals surface area contributed by atoms with E-state index in [1.54, 1.807) is 0 Å².